The van der Waals surface area contributed by atoms with Crippen LogP contribution in [0.5, 0.6) is 0 Å². The quantitative estimate of drug-likeness (QED) is 0.0478. The van der Waals surface area contributed by atoms with Gasteiger partial charge in [-0.1, -0.05) is 183 Å². The third-order valence-electron chi connectivity index (χ3n) is 17.0. The van der Waals surface area contributed by atoms with Crippen LogP contribution in [0.3, 0.4) is 0 Å². The molecule has 91 heavy (non-hydrogen) atoms. The van der Waals surface area contributed by atoms with Crippen LogP contribution in [-0.4, -0.2) is 184 Å². The van der Waals surface area contributed by atoms with Gasteiger partial charge < -0.3 is 90.6 Å². The van der Waals surface area contributed by atoms with Crippen molar-refractivity contribution in [2.45, 2.75) is 182 Å². The molecule has 494 valence electrons. The number of fused-ring (bicyclic) bond motifs is 5. The monoisotopic (exact) mass is 1260 g/mol. The van der Waals surface area contributed by atoms with E-state index in [1.165, 1.54) is 13.0 Å². The van der Waals surface area contributed by atoms with Gasteiger partial charge in [0.05, 0.1) is 79.4 Å². The van der Waals surface area contributed by atoms with Crippen molar-refractivity contribution in [1.82, 2.24) is 10.6 Å². The Morgan fingerprint density at radius 3 is 1.82 bits per heavy atom. The van der Waals surface area contributed by atoms with Crippen molar-refractivity contribution in [2.75, 3.05) is 6.61 Å². The van der Waals surface area contributed by atoms with Gasteiger partial charge in [0.15, 0.2) is 17.9 Å². The first-order chi connectivity index (χ1) is 43.6. The zero-order valence-corrected chi connectivity index (χ0v) is 51.6. The first-order valence-electron chi connectivity index (χ1n) is 31.0. The highest BCUT2D eigenvalue weighted by molar-refractivity contribution is 6.08. The first kappa shape index (κ1) is 71.4. The molecule has 22 nitrogen and oxygen atoms in total. The van der Waals surface area contributed by atoms with Crippen LogP contribution in [0.4, 0.5) is 4.79 Å². The number of allylic oxidation sites excluding steroid dienone is 12. The molecule has 1 aliphatic carbocycles. The summed E-state index contributed by atoms with van der Waals surface area (Å²) in [6, 6.07) is 22.2. The molecule has 0 saturated carbocycles. The number of ether oxygens (including phenoxy) is 5. The molecule has 3 aliphatic heterocycles. The Hall–Kier alpha value is -7.00. The van der Waals surface area contributed by atoms with E-state index in [2.05, 4.69) is 15.8 Å². The molecule has 19 atom stereocenters. The van der Waals surface area contributed by atoms with Crippen LogP contribution in [0.2, 0.25) is 0 Å². The molecule has 0 unspecified atom stereocenters. The van der Waals surface area contributed by atoms with Gasteiger partial charge in [0.2, 0.25) is 5.91 Å². The van der Waals surface area contributed by atoms with Crippen LogP contribution in [0.1, 0.15) is 102 Å². The van der Waals surface area contributed by atoms with Gasteiger partial charge in [-0.2, -0.15) is 0 Å². The number of alkyl carbamates (subject to hydrolysis) is 1. The van der Waals surface area contributed by atoms with E-state index in [4.69, 9.17) is 23.7 Å². The Kier molecular flexibility index (Phi) is 27.2. The van der Waals surface area contributed by atoms with Crippen molar-refractivity contribution in [3.8, 4) is 11.1 Å². The molecule has 3 heterocycles. The van der Waals surface area contributed by atoms with Crippen LogP contribution in [0, 0.1) is 17.8 Å². The predicted molar refractivity (Wildman–Crippen MR) is 336 cm³/mol. The summed E-state index contributed by atoms with van der Waals surface area (Å²) >= 11 is 0. The zero-order chi connectivity index (χ0) is 65.8. The van der Waals surface area contributed by atoms with E-state index in [1.54, 1.807) is 117 Å². The summed E-state index contributed by atoms with van der Waals surface area (Å²) in [5.74, 6) is -7.08. The number of nitrogens with zero attached hydrogens (tertiary/aromatic N) is 1. The Labute approximate surface area is 530 Å². The zero-order valence-electron chi connectivity index (χ0n) is 51.6. The van der Waals surface area contributed by atoms with Crippen LogP contribution in [-0.2, 0) is 33.3 Å². The van der Waals surface area contributed by atoms with Crippen molar-refractivity contribution in [2.24, 2.45) is 22.9 Å². The lowest BCUT2D eigenvalue weighted by Gasteiger charge is -2.46. The van der Waals surface area contributed by atoms with Crippen molar-refractivity contribution in [3.63, 3.8) is 0 Å². The second-order valence-electron chi connectivity index (χ2n) is 24.0. The lowest BCUT2D eigenvalue weighted by molar-refractivity contribution is -0.307. The van der Waals surface area contributed by atoms with Crippen molar-refractivity contribution >= 4 is 23.8 Å². The van der Waals surface area contributed by atoms with E-state index in [0.29, 0.717) is 0 Å². The van der Waals surface area contributed by atoms with Crippen molar-refractivity contribution in [1.29, 1.82) is 0 Å². The number of amidine groups is 1. The number of cyclic esters (lactones) is 1. The SMILES string of the molecule is C[C@@H]1[C@H](O)[C@@H](C)/C=C/C=C/C=C/C=C/C=C/C=C/C=C/[C@H](O[C@@H]2O[C@H](C)[C@@H](O)[C@H](NC(=O)OCC3c4ccccc4-c4ccccc43)[C@@H]2O)C[C@@H]2O[C@](O)(C[C@@H](O)C[C@@H](O)[C@H](O)CC[C@@H](O)C[C@@H](O)CC(=O)O[C@H]1C)C[C@H](O)[C@H]2C(=O)NC(=NO)c1ccccc1. The lowest BCUT2D eigenvalue weighted by Crippen LogP contribution is -2.64. The molecule has 7 rings (SSSR count). The maximum Gasteiger partial charge on any atom is 0.407 e. The van der Waals surface area contributed by atoms with Crippen LogP contribution < -0.4 is 10.6 Å². The van der Waals surface area contributed by atoms with Gasteiger partial charge in [0, 0.05) is 49.0 Å². The number of oxime groups is 1. The Morgan fingerprint density at radius 2 is 1.21 bits per heavy atom. The van der Waals surface area contributed by atoms with E-state index in [1.807, 2.05) is 61.5 Å². The standard InChI is InChI=1S/C69H89N3O19/c1-41-24-16-13-11-9-7-5-6-8-10-12-14-19-27-49(90-67-64(82)61(63(81)44(4)89-67)70-68(84)87-40-54-52-30-22-20-28-50(52)51-29-21-23-31-53(51)54)37-58-60(66(83)71-65(72-86)45-25-17-15-18-26-45)57(78)39-69(85,91-58)38-48(75)35-56(77)55(76)33-32-46(73)34-47(74)36-59(79)88-43(3)42(2)62(41)80/h5-31,41-44,46-49,54-58,60-64,67,73-78,80-82,85-86H,32-40H2,1-4H3,(H,70,84)(H,71,72,83)/b6-5+,9-7+,10-8+,13-11+,14-12+,24-16+,27-19+/t41-,42-,43-,44+,46+,47+,48-,49-,55+,56+,57-,58-,60+,61-,62+,63+,64-,67-,69+/m0/s1. The third kappa shape index (κ3) is 20.5. The van der Waals surface area contributed by atoms with Gasteiger partial charge in [-0.15, -0.1) is 0 Å². The molecule has 0 spiro atoms. The predicted octanol–water partition coefficient (Wildman–Crippen LogP) is 5.16. The largest absolute Gasteiger partial charge is 0.462 e. The average molecular weight is 1260 g/mol. The highest BCUT2D eigenvalue weighted by Crippen LogP contribution is 2.45. The Morgan fingerprint density at radius 1 is 0.626 bits per heavy atom. The minimum Gasteiger partial charge on any atom is -0.462 e. The van der Waals surface area contributed by atoms with Crippen LogP contribution in [0.25, 0.3) is 11.1 Å². The molecular weight excluding hydrogens is 1170 g/mol. The summed E-state index contributed by atoms with van der Waals surface area (Å²) in [7, 11) is 0. The third-order valence-corrected chi connectivity index (χ3v) is 17.0. The van der Waals surface area contributed by atoms with E-state index >= 15 is 0 Å². The molecule has 4 aliphatic rings. The number of rotatable bonds is 7. The number of hydrogen-bond acceptors (Lipinski definition) is 20. The number of amides is 2. The molecule has 0 radical (unpaired) electrons. The number of carbonyl (C=O) groups is 3. The molecule has 13 N–H and O–H groups in total. The summed E-state index contributed by atoms with van der Waals surface area (Å²) < 4.78 is 30.2. The molecule has 3 aromatic rings. The highest BCUT2D eigenvalue weighted by atomic mass is 16.7. The number of benzene rings is 3. The van der Waals surface area contributed by atoms with Crippen LogP contribution in [0.15, 0.2) is 169 Å². The molecule has 3 aromatic carbocycles. The fourth-order valence-corrected chi connectivity index (χ4v) is 11.9. The summed E-state index contributed by atoms with van der Waals surface area (Å²) in [6.07, 6.45) is 0.368. The van der Waals surface area contributed by atoms with E-state index in [-0.39, 0.29) is 49.1 Å². The highest BCUT2D eigenvalue weighted by Gasteiger charge is 2.51. The number of nitrogens with one attached hydrogen (secondary N) is 2. The van der Waals surface area contributed by atoms with Crippen LogP contribution >= 0.6 is 0 Å². The molecule has 2 fully saturated rings. The normalized spacial score (nSPS) is 36.4. The number of aliphatic hydroxyl groups excluding tert-OH is 9. The fraction of sp³-hybridized carbons (Fsp3) is 0.478. The van der Waals surface area contributed by atoms with Gasteiger partial charge in [-0.3, -0.25) is 9.59 Å². The van der Waals surface area contributed by atoms with Crippen molar-refractivity contribution < 1.29 is 94.3 Å². The Balaban J connectivity index is 1.14. The number of esters is 1. The van der Waals surface area contributed by atoms with E-state index < -0.39 is 159 Å². The maximum atomic E-state index is 14.5. The molecule has 2 bridgehead atoms. The summed E-state index contributed by atoms with van der Waals surface area (Å²) in [4.78, 5) is 41.0. The Bertz CT molecular complexity index is 3030. The van der Waals surface area contributed by atoms with Gasteiger partial charge >= 0.3 is 12.1 Å². The van der Waals surface area contributed by atoms with Crippen molar-refractivity contribution in [3.05, 3.63) is 181 Å². The average Bonchev–Trinajstić information content (AvgIpc) is 1.76. The second kappa shape index (κ2) is 34.6. The van der Waals surface area contributed by atoms with E-state index in [9.17, 15) is 70.7 Å². The number of carbonyl (C=O) groups excluding carboxylic acids is 3. The smallest absolute Gasteiger partial charge is 0.407 e. The van der Waals surface area contributed by atoms with Gasteiger partial charge in [0.25, 0.3) is 0 Å². The molecule has 0 aromatic heterocycles. The van der Waals surface area contributed by atoms with Gasteiger partial charge in [0.1, 0.15) is 24.9 Å². The van der Waals surface area contributed by atoms with Gasteiger partial charge in [-0.05, 0) is 55.4 Å². The summed E-state index contributed by atoms with van der Waals surface area (Å²) in [6.45, 7) is 6.64. The summed E-state index contributed by atoms with van der Waals surface area (Å²) in [5.41, 5.74) is 4.25. The first-order valence-corrected chi connectivity index (χ1v) is 31.0. The molecule has 2 saturated heterocycles. The minimum absolute atomic E-state index is 0.0691. The lowest BCUT2D eigenvalue weighted by atomic mass is 9.82. The molecule has 22 heteroatoms. The molecular formula is C69H89N3O19. The fourth-order valence-electron chi connectivity index (χ4n) is 11.9. The van der Waals surface area contributed by atoms with E-state index in [0.717, 1.165) is 22.3 Å². The molecule has 2 amide bonds. The topological polar surface area (TPSA) is 356 Å². The van der Waals surface area contributed by atoms with Gasteiger partial charge in [-0.25, -0.2) is 4.79 Å². The maximum absolute atomic E-state index is 14.5. The summed E-state index contributed by atoms with van der Waals surface area (Å²) in [5, 5.41) is 132. The number of aliphatic hydroxyl groups is 10. The number of hydrogen-bond donors (Lipinski definition) is 13. The minimum atomic E-state index is -2.44. The second-order valence-corrected chi connectivity index (χ2v) is 24.0.